The van der Waals surface area contributed by atoms with E-state index >= 15 is 0 Å². The van der Waals surface area contributed by atoms with E-state index in [9.17, 15) is 4.79 Å². The van der Waals surface area contributed by atoms with Gasteiger partial charge in [-0.2, -0.15) is 0 Å². The van der Waals surface area contributed by atoms with Crippen LogP contribution < -0.4 is 5.73 Å². The lowest BCUT2D eigenvalue weighted by Crippen LogP contribution is -2.25. The Morgan fingerprint density at radius 2 is 2.31 bits per heavy atom. The molecule has 0 radical (unpaired) electrons. The molecule has 0 saturated carbocycles. The number of likely N-dealkylation sites (tertiary alicyclic amines) is 1. The zero-order chi connectivity index (χ0) is 9.68. The lowest BCUT2D eigenvalue weighted by atomic mass is 10.2. The number of hydrogen-bond acceptors (Lipinski definition) is 2. The Morgan fingerprint density at radius 1 is 1.54 bits per heavy atom. The van der Waals surface area contributed by atoms with Gasteiger partial charge < -0.3 is 10.6 Å². The summed E-state index contributed by atoms with van der Waals surface area (Å²) in [6.07, 6.45) is 4.57. The van der Waals surface area contributed by atoms with E-state index in [0.717, 1.165) is 45.2 Å². The van der Waals surface area contributed by atoms with Crippen LogP contribution in [0.25, 0.3) is 0 Å². The molecule has 1 saturated heterocycles. The Morgan fingerprint density at radius 3 is 2.85 bits per heavy atom. The maximum absolute atomic E-state index is 11.2. The smallest absolute Gasteiger partial charge is 0.222 e. The number of carbonyl (C=O) groups is 1. The molecule has 1 aliphatic heterocycles. The predicted molar refractivity (Wildman–Crippen MR) is 56.5 cm³/mol. The number of amides is 1. The average Bonchev–Trinajstić information content (AvgIpc) is 2.45. The van der Waals surface area contributed by atoms with Crippen LogP contribution in [0.3, 0.4) is 0 Å². The molecule has 3 nitrogen and oxygen atoms in total. The molecule has 1 aliphatic rings. The molecule has 1 amide bonds. The summed E-state index contributed by atoms with van der Waals surface area (Å²) in [6, 6.07) is 0. The highest BCUT2D eigenvalue weighted by Gasteiger charge is 2.18. The van der Waals surface area contributed by atoms with Crippen LogP contribution in [0.2, 0.25) is 0 Å². The van der Waals surface area contributed by atoms with E-state index in [-0.39, 0.29) is 0 Å². The molecule has 1 rings (SSSR count). The predicted octanol–water partition coefficient (Wildman–Crippen LogP) is 1.07. The van der Waals surface area contributed by atoms with Crippen molar-refractivity contribution < 1.29 is 4.79 Å². The van der Waals surface area contributed by atoms with Gasteiger partial charge in [-0.3, -0.25) is 4.79 Å². The van der Waals surface area contributed by atoms with Gasteiger partial charge >= 0.3 is 0 Å². The fraction of sp³-hybridized carbons (Fsp3) is 0.778. The van der Waals surface area contributed by atoms with Crippen molar-refractivity contribution in [2.75, 3.05) is 13.1 Å². The second-order valence-electron chi connectivity index (χ2n) is 3.41. The third-order valence-electron chi connectivity index (χ3n) is 2.27. The lowest BCUT2D eigenvalue weighted by molar-refractivity contribution is -0.127. The topological polar surface area (TPSA) is 46.3 Å². The highest BCUT2D eigenvalue weighted by molar-refractivity contribution is 7.80. The molecule has 13 heavy (non-hydrogen) atoms. The summed E-state index contributed by atoms with van der Waals surface area (Å²) < 4.78 is 0. The van der Waals surface area contributed by atoms with Crippen LogP contribution in [0.1, 0.15) is 32.1 Å². The van der Waals surface area contributed by atoms with Crippen molar-refractivity contribution in [2.24, 2.45) is 5.73 Å². The molecule has 0 aromatic rings. The second kappa shape index (κ2) is 5.17. The van der Waals surface area contributed by atoms with Gasteiger partial charge in [0.2, 0.25) is 5.91 Å². The first kappa shape index (κ1) is 10.4. The highest BCUT2D eigenvalue weighted by atomic mass is 32.1. The quantitative estimate of drug-likeness (QED) is 0.533. The van der Waals surface area contributed by atoms with Crippen LogP contribution in [-0.2, 0) is 4.79 Å². The molecule has 0 bridgehead atoms. The number of unbranched alkanes of at least 4 members (excludes halogenated alkanes) is 1. The molecule has 2 N–H and O–H groups in total. The minimum Gasteiger partial charge on any atom is -0.393 e. The number of thiocarbonyl (C=S) groups is 1. The molecule has 0 aromatic heterocycles. The SMILES string of the molecule is NC(=S)CCCCN1CCCC1=O. The van der Waals surface area contributed by atoms with Gasteiger partial charge in [-0.25, -0.2) is 0 Å². The standard InChI is InChI=1S/C9H16N2OS/c10-8(13)4-1-2-6-11-7-3-5-9(11)12/h1-7H2,(H2,10,13). The molecular weight excluding hydrogens is 184 g/mol. The number of nitrogens with two attached hydrogens (primary N) is 1. The monoisotopic (exact) mass is 200 g/mol. The van der Waals surface area contributed by atoms with E-state index in [1.54, 1.807) is 0 Å². The van der Waals surface area contributed by atoms with Crippen molar-refractivity contribution in [3.05, 3.63) is 0 Å². The largest absolute Gasteiger partial charge is 0.393 e. The second-order valence-corrected chi connectivity index (χ2v) is 3.93. The van der Waals surface area contributed by atoms with Gasteiger partial charge in [0.15, 0.2) is 0 Å². The Balaban J connectivity index is 2.05. The zero-order valence-corrected chi connectivity index (χ0v) is 8.61. The molecule has 1 fully saturated rings. The van der Waals surface area contributed by atoms with Crippen LogP contribution >= 0.6 is 12.2 Å². The minimum atomic E-state index is 0.301. The maximum atomic E-state index is 11.2. The number of rotatable bonds is 5. The van der Waals surface area contributed by atoms with Gasteiger partial charge in [0.05, 0.1) is 4.99 Å². The Hall–Kier alpha value is -0.640. The van der Waals surface area contributed by atoms with Gasteiger partial charge in [0.1, 0.15) is 0 Å². The third-order valence-corrected chi connectivity index (χ3v) is 2.48. The summed E-state index contributed by atoms with van der Waals surface area (Å²) in [4.78, 5) is 13.7. The van der Waals surface area contributed by atoms with Gasteiger partial charge in [0, 0.05) is 19.5 Å². The number of hydrogen-bond donors (Lipinski definition) is 1. The van der Waals surface area contributed by atoms with E-state index in [4.69, 9.17) is 18.0 Å². The fourth-order valence-corrected chi connectivity index (χ4v) is 1.69. The number of nitrogens with zero attached hydrogens (tertiary/aromatic N) is 1. The Bertz CT molecular complexity index is 206. The van der Waals surface area contributed by atoms with E-state index in [1.807, 2.05) is 4.90 Å². The first-order valence-electron chi connectivity index (χ1n) is 4.76. The van der Waals surface area contributed by atoms with Gasteiger partial charge in [0.25, 0.3) is 0 Å². The van der Waals surface area contributed by atoms with Crippen molar-refractivity contribution in [2.45, 2.75) is 32.1 Å². The van der Waals surface area contributed by atoms with Gasteiger partial charge in [-0.1, -0.05) is 12.2 Å². The highest BCUT2D eigenvalue weighted by Crippen LogP contribution is 2.10. The summed E-state index contributed by atoms with van der Waals surface area (Å²) in [5.41, 5.74) is 5.36. The average molecular weight is 200 g/mol. The first-order chi connectivity index (χ1) is 6.20. The molecular formula is C9H16N2OS. The van der Waals surface area contributed by atoms with Crippen LogP contribution in [0.4, 0.5) is 0 Å². The van der Waals surface area contributed by atoms with Gasteiger partial charge in [-0.05, 0) is 25.7 Å². The summed E-state index contributed by atoms with van der Waals surface area (Å²) >= 11 is 4.76. The summed E-state index contributed by atoms with van der Waals surface area (Å²) in [5.74, 6) is 0.301. The molecule has 4 heteroatoms. The molecule has 74 valence electrons. The van der Waals surface area contributed by atoms with Crippen molar-refractivity contribution in [3.8, 4) is 0 Å². The normalized spacial score (nSPS) is 16.6. The molecule has 0 aromatic carbocycles. The Labute approximate surface area is 84.3 Å². The molecule has 0 spiro atoms. The van der Waals surface area contributed by atoms with E-state index in [0.29, 0.717) is 10.9 Å². The summed E-state index contributed by atoms with van der Waals surface area (Å²) in [5, 5.41) is 0. The summed E-state index contributed by atoms with van der Waals surface area (Å²) in [6.45, 7) is 1.81. The minimum absolute atomic E-state index is 0.301. The summed E-state index contributed by atoms with van der Waals surface area (Å²) in [7, 11) is 0. The lowest BCUT2D eigenvalue weighted by Gasteiger charge is -2.14. The van der Waals surface area contributed by atoms with Crippen LogP contribution in [0.15, 0.2) is 0 Å². The molecule has 0 unspecified atom stereocenters. The van der Waals surface area contributed by atoms with E-state index in [1.165, 1.54) is 0 Å². The number of carbonyl (C=O) groups excluding carboxylic acids is 1. The maximum Gasteiger partial charge on any atom is 0.222 e. The van der Waals surface area contributed by atoms with Crippen molar-refractivity contribution in [1.82, 2.24) is 4.90 Å². The first-order valence-corrected chi connectivity index (χ1v) is 5.17. The van der Waals surface area contributed by atoms with Crippen LogP contribution in [0, 0.1) is 0 Å². The van der Waals surface area contributed by atoms with Crippen molar-refractivity contribution in [1.29, 1.82) is 0 Å². The molecule has 1 heterocycles. The third kappa shape index (κ3) is 3.72. The van der Waals surface area contributed by atoms with Crippen LogP contribution in [0.5, 0.6) is 0 Å². The van der Waals surface area contributed by atoms with E-state index < -0.39 is 0 Å². The van der Waals surface area contributed by atoms with E-state index in [2.05, 4.69) is 0 Å². The van der Waals surface area contributed by atoms with Crippen molar-refractivity contribution >= 4 is 23.1 Å². The Kier molecular flexibility index (Phi) is 4.15. The van der Waals surface area contributed by atoms with Gasteiger partial charge in [-0.15, -0.1) is 0 Å². The zero-order valence-electron chi connectivity index (χ0n) is 7.79. The van der Waals surface area contributed by atoms with Crippen molar-refractivity contribution in [3.63, 3.8) is 0 Å². The van der Waals surface area contributed by atoms with Crippen LogP contribution in [-0.4, -0.2) is 28.9 Å². The molecule has 0 atom stereocenters. The molecule has 0 aliphatic carbocycles. The fourth-order valence-electron chi connectivity index (χ4n) is 1.54.